The molecule has 3 nitrogen and oxygen atoms in total. The lowest BCUT2D eigenvalue weighted by Gasteiger charge is -2.14. The van der Waals surface area contributed by atoms with Crippen LogP contribution in [0.1, 0.15) is 19.6 Å². The first-order valence-corrected chi connectivity index (χ1v) is 4.88. The lowest BCUT2D eigenvalue weighted by Crippen LogP contribution is -2.21. The minimum atomic E-state index is -0.802. The van der Waals surface area contributed by atoms with Crippen molar-refractivity contribution in [3.8, 4) is 5.75 Å². The zero-order chi connectivity index (χ0) is 11.1. The average molecular weight is 206 g/mol. The Balaban J connectivity index is 2.44. The second-order valence-electron chi connectivity index (χ2n) is 4.40. The molecule has 0 saturated heterocycles. The molecule has 0 amide bonds. The van der Waals surface area contributed by atoms with Gasteiger partial charge in [-0.1, -0.05) is 12.1 Å². The molecule has 2 aromatic rings. The van der Waals surface area contributed by atoms with Gasteiger partial charge in [0.25, 0.3) is 0 Å². The van der Waals surface area contributed by atoms with Crippen molar-refractivity contribution >= 4 is 11.0 Å². The summed E-state index contributed by atoms with van der Waals surface area (Å²) in [5.74, 6) is 0.813. The summed E-state index contributed by atoms with van der Waals surface area (Å²) >= 11 is 0. The maximum atomic E-state index is 9.64. The van der Waals surface area contributed by atoms with E-state index in [9.17, 15) is 10.2 Å². The molecule has 15 heavy (non-hydrogen) atoms. The number of aromatic hydroxyl groups is 1. The molecule has 2 N–H and O–H groups in total. The van der Waals surface area contributed by atoms with Crippen molar-refractivity contribution in [3.05, 3.63) is 30.0 Å². The largest absolute Gasteiger partial charge is 0.504 e. The number of para-hydroxylation sites is 1. The third-order valence-corrected chi connectivity index (χ3v) is 2.18. The van der Waals surface area contributed by atoms with Crippen LogP contribution >= 0.6 is 0 Å². The molecule has 1 aromatic heterocycles. The Bertz CT molecular complexity index is 477. The fraction of sp³-hybridized carbons (Fsp3) is 0.333. The molecule has 0 aliphatic carbocycles. The molecule has 2 rings (SSSR count). The third-order valence-electron chi connectivity index (χ3n) is 2.18. The van der Waals surface area contributed by atoms with Crippen molar-refractivity contribution in [2.45, 2.75) is 25.9 Å². The number of rotatable bonds is 2. The molecule has 0 spiro atoms. The maximum Gasteiger partial charge on any atom is 0.175 e. The summed E-state index contributed by atoms with van der Waals surface area (Å²) in [4.78, 5) is 0. The van der Waals surface area contributed by atoms with Gasteiger partial charge in [0, 0.05) is 11.8 Å². The Morgan fingerprint density at radius 1 is 1.33 bits per heavy atom. The van der Waals surface area contributed by atoms with Crippen LogP contribution in [0.5, 0.6) is 5.75 Å². The molecule has 80 valence electrons. The zero-order valence-corrected chi connectivity index (χ0v) is 8.82. The molecule has 0 aliphatic rings. The predicted molar refractivity (Wildman–Crippen MR) is 57.9 cm³/mol. The third kappa shape index (κ3) is 2.13. The van der Waals surface area contributed by atoms with Crippen molar-refractivity contribution in [3.63, 3.8) is 0 Å². The summed E-state index contributed by atoms with van der Waals surface area (Å²) in [7, 11) is 0. The van der Waals surface area contributed by atoms with E-state index in [1.807, 2.05) is 12.1 Å². The van der Waals surface area contributed by atoms with Crippen LogP contribution in [0.3, 0.4) is 0 Å². The van der Waals surface area contributed by atoms with Crippen LogP contribution in [0.4, 0.5) is 0 Å². The monoisotopic (exact) mass is 206 g/mol. The highest BCUT2D eigenvalue weighted by Crippen LogP contribution is 2.28. The van der Waals surface area contributed by atoms with Crippen LogP contribution in [0.25, 0.3) is 11.0 Å². The van der Waals surface area contributed by atoms with Crippen molar-refractivity contribution in [1.29, 1.82) is 0 Å². The van der Waals surface area contributed by atoms with Crippen LogP contribution in [0, 0.1) is 0 Å². The molecule has 0 unspecified atom stereocenters. The van der Waals surface area contributed by atoms with E-state index in [1.54, 1.807) is 26.0 Å². The van der Waals surface area contributed by atoms with Gasteiger partial charge in [0.15, 0.2) is 11.3 Å². The van der Waals surface area contributed by atoms with E-state index in [2.05, 4.69) is 0 Å². The number of hydrogen-bond acceptors (Lipinski definition) is 3. The van der Waals surface area contributed by atoms with Crippen molar-refractivity contribution in [2.75, 3.05) is 0 Å². The predicted octanol–water partition coefficient (Wildman–Crippen LogP) is 2.45. The summed E-state index contributed by atoms with van der Waals surface area (Å²) in [6.45, 7) is 3.44. The Labute approximate surface area is 88.0 Å². The summed E-state index contributed by atoms with van der Waals surface area (Å²) in [6, 6.07) is 7.06. The molecule has 3 heteroatoms. The number of furan rings is 1. The molecule has 0 radical (unpaired) electrons. The molecule has 0 fully saturated rings. The summed E-state index contributed by atoms with van der Waals surface area (Å²) < 4.78 is 5.46. The number of aliphatic hydroxyl groups is 1. The molecular weight excluding hydrogens is 192 g/mol. The van der Waals surface area contributed by atoms with E-state index in [1.165, 1.54) is 0 Å². The topological polar surface area (TPSA) is 53.6 Å². The smallest absolute Gasteiger partial charge is 0.175 e. The molecule has 1 aromatic carbocycles. The lowest BCUT2D eigenvalue weighted by molar-refractivity contribution is 0.0756. The summed E-state index contributed by atoms with van der Waals surface area (Å²) in [5.41, 5.74) is -0.319. The Morgan fingerprint density at radius 3 is 2.67 bits per heavy atom. The van der Waals surface area contributed by atoms with Gasteiger partial charge in [0.05, 0.1) is 5.60 Å². The number of benzene rings is 1. The standard InChI is InChI=1S/C12H14O3/c1-12(2,14)7-9-6-8-4-3-5-10(13)11(8)15-9/h3-6,13-14H,7H2,1-2H3. The van der Waals surface area contributed by atoms with E-state index in [4.69, 9.17) is 4.42 Å². The highest BCUT2D eigenvalue weighted by atomic mass is 16.4. The van der Waals surface area contributed by atoms with Gasteiger partial charge in [-0.25, -0.2) is 0 Å². The first kappa shape index (κ1) is 10.1. The van der Waals surface area contributed by atoms with Crippen molar-refractivity contribution in [1.82, 2.24) is 0 Å². The molecule has 0 atom stereocenters. The minimum absolute atomic E-state index is 0.134. The molecule has 0 aliphatic heterocycles. The van der Waals surface area contributed by atoms with Gasteiger partial charge in [0.1, 0.15) is 5.76 Å². The number of phenolic OH excluding ortho intramolecular Hbond substituents is 1. The van der Waals surface area contributed by atoms with Crippen LogP contribution in [0.2, 0.25) is 0 Å². The van der Waals surface area contributed by atoms with Gasteiger partial charge >= 0.3 is 0 Å². The fourth-order valence-electron chi connectivity index (χ4n) is 1.61. The highest BCUT2D eigenvalue weighted by molar-refractivity contribution is 5.83. The molecule has 1 heterocycles. The van der Waals surface area contributed by atoms with E-state index in [0.29, 0.717) is 17.8 Å². The molecule has 0 bridgehead atoms. The lowest BCUT2D eigenvalue weighted by atomic mass is 10.0. The quantitative estimate of drug-likeness (QED) is 0.793. The number of phenols is 1. The summed E-state index contributed by atoms with van der Waals surface area (Å²) in [6.07, 6.45) is 0.432. The normalized spacial score (nSPS) is 12.2. The van der Waals surface area contributed by atoms with E-state index in [-0.39, 0.29) is 5.75 Å². The minimum Gasteiger partial charge on any atom is -0.504 e. The number of hydrogen-bond donors (Lipinski definition) is 2. The first-order valence-electron chi connectivity index (χ1n) is 4.88. The van der Waals surface area contributed by atoms with Crippen LogP contribution in [-0.4, -0.2) is 15.8 Å². The molecular formula is C12H14O3. The van der Waals surface area contributed by atoms with Crippen LogP contribution in [-0.2, 0) is 6.42 Å². The van der Waals surface area contributed by atoms with E-state index >= 15 is 0 Å². The van der Waals surface area contributed by atoms with Gasteiger partial charge in [-0.15, -0.1) is 0 Å². The first-order chi connectivity index (χ1) is 6.96. The number of fused-ring (bicyclic) bond motifs is 1. The Hall–Kier alpha value is -1.48. The summed E-state index contributed by atoms with van der Waals surface area (Å²) in [5, 5.41) is 20.0. The Kier molecular flexibility index (Phi) is 2.20. The van der Waals surface area contributed by atoms with Crippen LogP contribution in [0.15, 0.2) is 28.7 Å². The van der Waals surface area contributed by atoms with E-state index < -0.39 is 5.60 Å². The van der Waals surface area contributed by atoms with E-state index in [0.717, 1.165) is 5.39 Å². The van der Waals surface area contributed by atoms with Crippen LogP contribution < -0.4 is 0 Å². The fourth-order valence-corrected chi connectivity index (χ4v) is 1.61. The second-order valence-corrected chi connectivity index (χ2v) is 4.40. The maximum absolute atomic E-state index is 9.64. The Morgan fingerprint density at radius 2 is 2.07 bits per heavy atom. The second kappa shape index (κ2) is 3.28. The van der Waals surface area contributed by atoms with Gasteiger partial charge in [0.2, 0.25) is 0 Å². The molecule has 0 saturated carbocycles. The SMILES string of the molecule is CC(C)(O)Cc1cc2cccc(O)c2o1. The van der Waals surface area contributed by atoms with Crippen molar-refractivity contribution < 1.29 is 14.6 Å². The van der Waals surface area contributed by atoms with Gasteiger partial charge in [-0.3, -0.25) is 0 Å². The van der Waals surface area contributed by atoms with Gasteiger partial charge in [-0.05, 0) is 26.0 Å². The van der Waals surface area contributed by atoms with Gasteiger partial charge in [-0.2, -0.15) is 0 Å². The van der Waals surface area contributed by atoms with Crippen molar-refractivity contribution in [2.24, 2.45) is 0 Å². The zero-order valence-electron chi connectivity index (χ0n) is 8.82. The highest BCUT2D eigenvalue weighted by Gasteiger charge is 2.17. The van der Waals surface area contributed by atoms with Gasteiger partial charge < -0.3 is 14.6 Å². The average Bonchev–Trinajstić information content (AvgIpc) is 2.45.